The molecule has 0 spiro atoms. The predicted molar refractivity (Wildman–Crippen MR) is 44.2 cm³/mol. The van der Waals surface area contributed by atoms with Gasteiger partial charge in [-0.2, -0.15) is 0 Å². The SMILES string of the molecule is CCN1CCN(CC)CC1. The molecular formula is C8H18N2. The summed E-state index contributed by atoms with van der Waals surface area (Å²) in [6.07, 6.45) is 0. The highest BCUT2D eigenvalue weighted by molar-refractivity contribution is 4.69. The highest BCUT2D eigenvalue weighted by Crippen LogP contribution is 1.99. The fourth-order valence-electron chi connectivity index (χ4n) is 1.42. The van der Waals surface area contributed by atoms with Crippen LogP contribution in [-0.2, 0) is 0 Å². The van der Waals surface area contributed by atoms with E-state index in [1.807, 2.05) is 0 Å². The molecule has 1 heterocycles. The van der Waals surface area contributed by atoms with E-state index >= 15 is 0 Å². The molecular weight excluding hydrogens is 124 g/mol. The zero-order valence-electron chi connectivity index (χ0n) is 7.14. The summed E-state index contributed by atoms with van der Waals surface area (Å²) in [6.45, 7) is 12.0. The third-order valence-corrected chi connectivity index (χ3v) is 2.36. The molecule has 0 amide bonds. The maximum Gasteiger partial charge on any atom is 0.0110 e. The van der Waals surface area contributed by atoms with Gasteiger partial charge in [0, 0.05) is 26.2 Å². The molecule has 0 saturated carbocycles. The van der Waals surface area contributed by atoms with Crippen molar-refractivity contribution in [2.75, 3.05) is 39.3 Å². The van der Waals surface area contributed by atoms with Crippen LogP contribution in [0.15, 0.2) is 0 Å². The number of nitrogens with zero attached hydrogens (tertiary/aromatic N) is 2. The first-order chi connectivity index (χ1) is 4.86. The summed E-state index contributed by atoms with van der Waals surface area (Å²) in [5.74, 6) is 0. The Balaban J connectivity index is 2.17. The molecule has 0 aromatic carbocycles. The van der Waals surface area contributed by atoms with E-state index in [0.29, 0.717) is 0 Å². The van der Waals surface area contributed by atoms with Crippen LogP contribution in [0.1, 0.15) is 13.8 Å². The van der Waals surface area contributed by atoms with Gasteiger partial charge in [0.1, 0.15) is 0 Å². The summed E-state index contributed by atoms with van der Waals surface area (Å²) in [6, 6.07) is 0. The third kappa shape index (κ3) is 1.96. The maximum atomic E-state index is 2.51. The highest BCUT2D eigenvalue weighted by atomic mass is 15.2. The van der Waals surface area contributed by atoms with Gasteiger partial charge in [-0.25, -0.2) is 0 Å². The van der Waals surface area contributed by atoms with Crippen molar-refractivity contribution in [3.63, 3.8) is 0 Å². The fourth-order valence-corrected chi connectivity index (χ4v) is 1.42. The molecule has 0 radical (unpaired) electrons. The summed E-state index contributed by atoms with van der Waals surface area (Å²) in [5, 5.41) is 0. The minimum absolute atomic E-state index is 1.22. The van der Waals surface area contributed by atoms with Gasteiger partial charge >= 0.3 is 0 Å². The molecule has 0 aliphatic carbocycles. The van der Waals surface area contributed by atoms with Gasteiger partial charge in [-0.15, -0.1) is 0 Å². The summed E-state index contributed by atoms with van der Waals surface area (Å²) in [7, 11) is 0. The molecule has 0 aromatic heterocycles. The monoisotopic (exact) mass is 142 g/mol. The molecule has 1 aliphatic rings. The van der Waals surface area contributed by atoms with Crippen molar-refractivity contribution >= 4 is 0 Å². The standard InChI is InChI=1S/C8H18N2/c1-3-9-5-7-10(4-2)8-6-9/h3-8H2,1-2H3. The van der Waals surface area contributed by atoms with Gasteiger partial charge < -0.3 is 9.80 Å². The van der Waals surface area contributed by atoms with E-state index in [9.17, 15) is 0 Å². The predicted octanol–water partition coefficient (Wildman–Crippen LogP) is 0.644. The molecule has 10 heavy (non-hydrogen) atoms. The molecule has 1 aliphatic heterocycles. The second-order valence-electron chi connectivity index (χ2n) is 2.87. The lowest BCUT2D eigenvalue weighted by atomic mass is 10.3. The van der Waals surface area contributed by atoms with Crippen LogP contribution in [0.3, 0.4) is 0 Å². The van der Waals surface area contributed by atoms with E-state index in [0.717, 1.165) is 0 Å². The van der Waals surface area contributed by atoms with Crippen molar-refractivity contribution < 1.29 is 0 Å². The Morgan fingerprint density at radius 2 is 1.10 bits per heavy atom. The van der Waals surface area contributed by atoms with Crippen molar-refractivity contribution in [3.05, 3.63) is 0 Å². The van der Waals surface area contributed by atoms with Crippen LogP contribution >= 0.6 is 0 Å². The smallest absolute Gasteiger partial charge is 0.0110 e. The van der Waals surface area contributed by atoms with Crippen molar-refractivity contribution in [1.82, 2.24) is 9.80 Å². The van der Waals surface area contributed by atoms with Crippen LogP contribution < -0.4 is 0 Å². The first-order valence-electron chi connectivity index (χ1n) is 4.31. The van der Waals surface area contributed by atoms with E-state index in [1.165, 1.54) is 39.3 Å². The molecule has 0 N–H and O–H groups in total. The van der Waals surface area contributed by atoms with E-state index in [4.69, 9.17) is 0 Å². The molecule has 0 bridgehead atoms. The number of hydrogen-bond acceptors (Lipinski definition) is 2. The normalized spacial score (nSPS) is 23.4. The van der Waals surface area contributed by atoms with E-state index in [-0.39, 0.29) is 0 Å². The summed E-state index contributed by atoms with van der Waals surface area (Å²) in [4.78, 5) is 5.01. The second kappa shape index (κ2) is 3.94. The van der Waals surface area contributed by atoms with Gasteiger partial charge in [0.2, 0.25) is 0 Å². The average molecular weight is 142 g/mol. The number of likely N-dealkylation sites (N-methyl/N-ethyl adjacent to an activating group) is 2. The molecule has 0 unspecified atom stereocenters. The largest absolute Gasteiger partial charge is 0.301 e. The minimum Gasteiger partial charge on any atom is -0.301 e. The van der Waals surface area contributed by atoms with Crippen LogP contribution in [0.5, 0.6) is 0 Å². The Hall–Kier alpha value is -0.0800. The number of piperazine rings is 1. The molecule has 60 valence electrons. The van der Waals surface area contributed by atoms with Gasteiger partial charge in [0.25, 0.3) is 0 Å². The Kier molecular flexibility index (Phi) is 3.16. The Morgan fingerprint density at radius 1 is 0.800 bits per heavy atom. The van der Waals surface area contributed by atoms with Crippen LogP contribution in [0, 0.1) is 0 Å². The van der Waals surface area contributed by atoms with Gasteiger partial charge in [-0.05, 0) is 13.1 Å². The van der Waals surface area contributed by atoms with Gasteiger partial charge in [-0.3, -0.25) is 0 Å². The van der Waals surface area contributed by atoms with Crippen LogP contribution in [0.25, 0.3) is 0 Å². The zero-order chi connectivity index (χ0) is 7.40. The lowest BCUT2D eigenvalue weighted by molar-refractivity contribution is 0.142. The number of hydrogen-bond donors (Lipinski definition) is 0. The van der Waals surface area contributed by atoms with Crippen LogP contribution in [-0.4, -0.2) is 49.1 Å². The second-order valence-corrected chi connectivity index (χ2v) is 2.87. The lowest BCUT2D eigenvalue weighted by Gasteiger charge is -2.33. The molecule has 1 rings (SSSR count). The molecule has 2 nitrogen and oxygen atoms in total. The lowest BCUT2D eigenvalue weighted by Crippen LogP contribution is -2.45. The highest BCUT2D eigenvalue weighted by Gasteiger charge is 2.12. The Labute approximate surface area is 63.8 Å². The molecule has 1 saturated heterocycles. The fraction of sp³-hybridized carbons (Fsp3) is 1.00. The molecule has 2 heteroatoms. The minimum atomic E-state index is 1.22. The van der Waals surface area contributed by atoms with Gasteiger partial charge in [-0.1, -0.05) is 13.8 Å². The van der Waals surface area contributed by atoms with Crippen LogP contribution in [0.2, 0.25) is 0 Å². The topological polar surface area (TPSA) is 6.48 Å². The molecule has 1 fully saturated rings. The summed E-state index contributed by atoms with van der Waals surface area (Å²) in [5.41, 5.74) is 0. The van der Waals surface area contributed by atoms with Gasteiger partial charge in [0.05, 0.1) is 0 Å². The maximum absolute atomic E-state index is 2.51. The Morgan fingerprint density at radius 3 is 1.30 bits per heavy atom. The van der Waals surface area contributed by atoms with Gasteiger partial charge in [0.15, 0.2) is 0 Å². The van der Waals surface area contributed by atoms with E-state index in [2.05, 4.69) is 23.6 Å². The Bertz CT molecular complexity index is 73.3. The first-order valence-corrected chi connectivity index (χ1v) is 4.31. The third-order valence-electron chi connectivity index (χ3n) is 2.36. The van der Waals surface area contributed by atoms with Crippen molar-refractivity contribution in [3.8, 4) is 0 Å². The number of rotatable bonds is 2. The summed E-state index contributed by atoms with van der Waals surface area (Å²) >= 11 is 0. The zero-order valence-corrected chi connectivity index (χ0v) is 7.14. The van der Waals surface area contributed by atoms with Crippen LogP contribution in [0.4, 0.5) is 0 Å². The van der Waals surface area contributed by atoms with Crippen molar-refractivity contribution in [2.24, 2.45) is 0 Å². The van der Waals surface area contributed by atoms with E-state index < -0.39 is 0 Å². The molecule has 0 aromatic rings. The molecule has 0 atom stereocenters. The van der Waals surface area contributed by atoms with Crippen molar-refractivity contribution in [2.45, 2.75) is 13.8 Å². The summed E-state index contributed by atoms with van der Waals surface area (Å²) < 4.78 is 0. The quantitative estimate of drug-likeness (QED) is 0.558. The first kappa shape index (κ1) is 8.02. The van der Waals surface area contributed by atoms with E-state index in [1.54, 1.807) is 0 Å². The average Bonchev–Trinajstić information content (AvgIpc) is 2.05. The van der Waals surface area contributed by atoms with Crippen molar-refractivity contribution in [1.29, 1.82) is 0 Å².